The van der Waals surface area contributed by atoms with E-state index < -0.39 is 10.1 Å². The van der Waals surface area contributed by atoms with Crippen LogP contribution in [0.3, 0.4) is 0 Å². The third kappa shape index (κ3) is 11.9. The van der Waals surface area contributed by atoms with Gasteiger partial charge in [-0.1, -0.05) is 33.1 Å². The molecule has 14 heavy (non-hydrogen) atoms. The van der Waals surface area contributed by atoms with Crippen molar-refractivity contribution in [1.82, 2.24) is 5.48 Å². The van der Waals surface area contributed by atoms with Gasteiger partial charge in [-0.25, -0.2) is 0 Å². The third-order valence-electron chi connectivity index (χ3n) is 1.77. The van der Waals surface area contributed by atoms with E-state index in [4.69, 9.17) is 0 Å². The normalized spacial score (nSPS) is 12.3. The fourth-order valence-corrected chi connectivity index (χ4v) is 1.37. The van der Waals surface area contributed by atoms with E-state index in [9.17, 15) is 8.42 Å². The molecule has 0 aliphatic carbocycles. The van der Waals surface area contributed by atoms with Gasteiger partial charge < -0.3 is 0 Å². The lowest BCUT2D eigenvalue weighted by Gasteiger charge is -2.04. The lowest BCUT2D eigenvalue weighted by atomic mass is 10.1. The Hall–Kier alpha value is -0.130. The van der Waals surface area contributed by atoms with Gasteiger partial charge in [0.15, 0.2) is 0 Å². The highest BCUT2D eigenvalue weighted by Crippen LogP contribution is 2.07. The Balaban J connectivity index is 3.15. The molecule has 0 aromatic carbocycles. The van der Waals surface area contributed by atoms with Gasteiger partial charge in [0, 0.05) is 6.54 Å². The number of rotatable bonds is 8. The summed E-state index contributed by atoms with van der Waals surface area (Å²) >= 11 is 0. The first-order chi connectivity index (χ1) is 6.42. The summed E-state index contributed by atoms with van der Waals surface area (Å²) < 4.78 is 25.4. The monoisotopic (exact) mass is 223 g/mol. The topological polar surface area (TPSA) is 55.4 Å². The van der Waals surface area contributed by atoms with Crippen molar-refractivity contribution in [2.24, 2.45) is 5.92 Å². The average Bonchev–Trinajstić information content (AvgIpc) is 2.00. The van der Waals surface area contributed by atoms with Gasteiger partial charge in [0.25, 0.3) is 10.1 Å². The van der Waals surface area contributed by atoms with E-state index in [2.05, 4.69) is 23.6 Å². The molecule has 0 aliphatic rings. The summed E-state index contributed by atoms with van der Waals surface area (Å²) in [7, 11) is -3.34. The minimum atomic E-state index is -3.34. The van der Waals surface area contributed by atoms with Crippen molar-refractivity contribution in [3.63, 3.8) is 0 Å². The zero-order chi connectivity index (χ0) is 11.0. The Morgan fingerprint density at radius 1 is 1.21 bits per heavy atom. The van der Waals surface area contributed by atoms with Crippen molar-refractivity contribution in [2.45, 2.75) is 39.5 Å². The number of hydrogen-bond acceptors (Lipinski definition) is 4. The van der Waals surface area contributed by atoms with Crippen molar-refractivity contribution in [3.8, 4) is 0 Å². The molecule has 0 saturated heterocycles. The Morgan fingerprint density at radius 2 is 1.86 bits per heavy atom. The quantitative estimate of drug-likeness (QED) is 0.502. The summed E-state index contributed by atoms with van der Waals surface area (Å²) in [6.45, 7) is 4.99. The predicted octanol–water partition coefficient (Wildman–Crippen LogP) is 1.68. The molecular formula is C9H21NO3S. The van der Waals surface area contributed by atoms with Crippen LogP contribution in [0.4, 0.5) is 0 Å². The fraction of sp³-hybridized carbons (Fsp3) is 1.00. The second-order valence-corrected chi connectivity index (χ2v) is 5.50. The molecule has 0 radical (unpaired) electrons. The van der Waals surface area contributed by atoms with Crippen molar-refractivity contribution in [3.05, 3.63) is 0 Å². The van der Waals surface area contributed by atoms with Crippen LogP contribution >= 0.6 is 0 Å². The highest BCUT2D eigenvalue weighted by atomic mass is 32.2. The van der Waals surface area contributed by atoms with Crippen LogP contribution < -0.4 is 5.48 Å². The standard InChI is InChI=1S/C9H21NO3S/c1-9(2)7-5-4-6-8-10-13-14(3,11)12/h9-10H,4-8H2,1-3H3. The summed E-state index contributed by atoms with van der Waals surface area (Å²) in [4.78, 5) is 0. The minimum absolute atomic E-state index is 0.588. The maximum Gasteiger partial charge on any atom is 0.280 e. The number of hydrogen-bond donors (Lipinski definition) is 1. The van der Waals surface area contributed by atoms with Gasteiger partial charge in [-0.05, 0) is 12.3 Å². The van der Waals surface area contributed by atoms with E-state index in [1.165, 1.54) is 12.8 Å². The van der Waals surface area contributed by atoms with E-state index >= 15 is 0 Å². The van der Waals surface area contributed by atoms with Crippen LogP contribution in [-0.4, -0.2) is 21.2 Å². The molecule has 0 bridgehead atoms. The summed E-state index contributed by atoms with van der Waals surface area (Å²) in [5.41, 5.74) is 2.43. The summed E-state index contributed by atoms with van der Waals surface area (Å²) in [6.07, 6.45) is 5.50. The molecule has 0 amide bonds. The van der Waals surface area contributed by atoms with Crippen molar-refractivity contribution in [2.75, 3.05) is 12.8 Å². The third-order valence-corrected chi connectivity index (χ3v) is 2.19. The minimum Gasteiger partial charge on any atom is -0.198 e. The van der Waals surface area contributed by atoms with Crippen LogP contribution in [0.15, 0.2) is 0 Å². The first kappa shape index (κ1) is 13.9. The second kappa shape index (κ2) is 7.20. The van der Waals surface area contributed by atoms with E-state index in [0.29, 0.717) is 6.54 Å². The van der Waals surface area contributed by atoms with Crippen LogP contribution in [0.1, 0.15) is 39.5 Å². The molecule has 5 heteroatoms. The summed E-state index contributed by atoms with van der Waals surface area (Å²) in [6, 6.07) is 0. The summed E-state index contributed by atoms with van der Waals surface area (Å²) in [5.74, 6) is 0.746. The van der Waals surface area contributed by atoms with Crippen molar-refractivity contribution in [1.29, 1.82) is 0 Å². The molecule has 0 saturated carbocycles. The molecule has 0 fully saturated rings. The highest BCUT2D eigenvalue weighted by Gasteiger charge is 1.99. The molecule has 86 valence electrons. The van der Waals surface area contributed by atoms with E-state index in [0.717, 1.165) is 25.0 Å². The number of hydroxylamine groups is 1. The molecular weight excluding hydrogens is 202 g/mol. The fourth-order valence-electron chi connectivity index (χ4n) is 1.08. The Kier molecular flexibility index (Phi) is 7.13. The number of unbranched alkanes of at least 4 members (excludes halogenated alkanes) is 2. The largest absolute Gasteiger partial charge is 0.280 e. The zero-order valence-electron chi connectivity index (χ0n) is 9.25. The van der Waals surface area contributed by atoms with E-state index in [1.807, 2.05) is 0 Å². The second-order valence-electron chi connectivity index (χ2n) is 3.92. The first-order valence-corrected chi connectivity index (χ1v) is 6.85. The van der Waals surface area contributed by atoms with E-state index in [-0.39, 0.29) is 0 Å². The molecule has 0 aromatic rings. The van der Waals surface area contributed by atoms with Gasteiger partial charge in [-0.2, -0.15) is 18.2 Å². The Bertz CT molecular complexity index is 224. The van der Waals surface area contributed by atoms with Gasteiger partial charge in [0.1, 0.15) is 0 Å². The van der Waals surface area contributed by atoms with Gasteiger partial charge in [0.2, 0.25) is 0 Å². The molecule has 0 aromatic heterocycles. The molecule has 0 unspecified atom stereocenters. The average molecular weight is 223 g/mol. The van der Waals surface area contributed by atoms with Crippen LogP contribution in [0.25, 0.3) is 0 Å². The van der Waals surface area contributed by atoms with E-state index in [1.54, 1.807) is 0 Å². The van der Waals surface area contributed by atoms with Gasteiger partial charge in [0.05, 0.1) is 6.26 Å². The number of nitrogens with one attached hydrogen (secondary N) is 1. The van der Waals surface area contributed by atoms with Gasteiger partial charge >= 0.3 is 0 Å². The zero-order valence-corrected chi connectivity index (χ0v) is 10.1. The highest BCUT2D eigenvalue weighted by molar-refractivity contribution is 7.85. The maximum atomic E-state index is 10.5. The van der Waals surface area contributed by atoms with Crippen LogP contribution in [0.5, 0.6) is 0 Å². The van der Waals surface area contributed by atoms with Crippen molar-refractivity contribution >= 4 is 10.1 Å². The SMILES string of the molecule is CC(C)CCCCCNOS(C)(=O)=O. The Labute approximate surface area is 87.1 Å². The molecule has 0 atom stereocenters. The van der Waals surface area contributed by atoms with Gasteiger partial charge in [-0.15, -0.1) is 0 Å². The molecule has 1 N–H and O–H groups in total. The molecule has 0 aliphatic heterocycles. The van der Waals surface area contributed by atoms with Crippen molar-refractivity contribution < 1.29 is 12.7 Å². The smallest absolute Gasteiger partial charge is 0.198 e. The molecule has 0 heterocycles. The maximum absolute atomic E-state index is 10.5. The first-order valence-electron chi connectivity index (χ1n) is 5.03. The van der Waals surface area contributed by atoms with Crippen LogP contribution in [0, 0.1) is 5.92 Å². The van der Waals surface area contributed by atoms with Crippen LogP contribution in [0.2, 0.25) is 0 Å². The van der Waals surface area contributed by atoms with Crippen LogP contribution in [-0.2, 0) is 14.4 Å². The molecule has 0 spiro atoms. The summed E-state index contributed by atoms with van der Waals surface area (Å²) in [5, 5.41) is 0. The lowest BCUT2D eigenvalue weighted by molar-refractivity contribution is 0.203. The molecule has 0 rings (SSSR count). The lowest BCUT2D eigenvalue weighted by Crippen LogP contribution is -2.20. The predicted molar refractivity (Wildman–Crippen MR) is 57.2 cm³/mol. The van der Waals surface area contributed by atoms with Gasteiger partial charge in [-0.3, -0.25) is 0 Å². The Morgan fingerprint density at radius 3 is 2.36 bits per heavy atom. The molecule has 4 nitrogen and oxygen atoms in total.